The quantitative estimate of drug-likeness (QED) is 0.759. The molecule has 1 heterocycles. The first-order valence-electron chi connectivity index (χ1n) is 8.27. The Hall–Kier alpha value is -2.57. The molecule has 0 aliphatic carbocycles. The largest absolute Gasteiger partial charge is 0.467 e. The third-order valence-corrected chi connectivity index (χ3v) is 4.44. The second-order valence-corrected chi connectivity index (χ2v) is 6.04. The highest BCUT2D eigenvalue weighted by Crippen LogP contribution is 2.20. The van der Waals surface area contributed by atoms with Crippen LogP contribution in [0.5, 0.6) is 0 Å². The van der Waals surface area contributed by atoms with Crippen molar-refractivity contribution in [1.29, 1.82) is 0 Å². The fourth-order valence-electron chi connectivity index (χ4n) is 2.80. The minimum absolute atomic E-state index is 0.138. The van der Waals surface area contributed by atoms with Gasteiger partial charge in [-0.1, -0.05) is 30.3 Å². The van der Waals surface area contributed by atoms with Crippen LogP contribution in [0.1, 0.15) is 25.3 Å². The van der Waals surface area contributed by atoms with E-state index in [2.05, 4.69) is 0 Å². The lowest BCUT2D eigenvalue weighted by Gasteiger charge is -2.30. The van der Waals surface area contributed by atoms with Crippen molar-refractivity contribution < 1.29 is 23.9 Å². The van der Waals surface area contributed by atoms with Crippen LogP contribution in [0.2, 0.25) is 0 Å². The number of likely N-dealkylation sites (N-methyl/N-ethyl adjacent to an activating group) is 1. The molecule has 2 rings (SSSR count). The van der Waals surface area contributed by atoms with Crippen LogP contribution in [0.15, 0.2) is 30.3 Å². The van der Waals surface area contributed by atoms with Gasteiger partial charge in [0.2, 0.25) is 5.91 Å². The van der Waals surface area contributed by atoms with Crippen molar-refractivity contribution in [1.82, 2.24) is 9.80 Å². The van der Waals surface area contributed by atoms with Crippen LogP contribution < -0.4 is 0 Å². The summed E-state index contributed by atoms with van der Waals surface area (Å²) in [6.07, 6.45) is 0.728. The lowest BCUT2D eigenvalue weighted by atomic mass is 10.2. The zero-order valence-electron chi connectivity index (χ0n) is 14.8. The Morgan fingerprint density at radius 2 is 1.96 bits per heavy atom. The zero-order chi connectivity index (χ0) is 18.4. The van der Waals surface area contributed by atoms with Gasteiger partial charge in [-0.15, -0.1) is 0 Å². The van der Waals surface area contributed by atoms with Gasteiger partial charge in [0, 0.05) is 13.6 Å². The summed E-state index contributed by atoms with van der Waals surface area (Å²) in [5.74, 6) is -0.709. The molecule has 1 aromatic rings. The van der Waals surface area contributed by atoms with Crippen LogP contribution in [0.3, 0.4) is 0 Å². The van der Waals surface area contributed by atoms with Gasteiger partial charge in [-0.05, 0) is 25.3 Å². The van der Waals surface area contributed by atoms with E-state index in [0.29, 0.717) is 13.0 Å². The van der Waals surface area contributed by atoms with Crippen molar-refractivity contribution in [3.63, 3.8) is 0 Å². The second kappa shape index (κ2) is 8.50. The second-order valence-electron chi connectivity index (χ2n) is 6.04. The number of carbonyl (C=O) groups is 3. The molecule has 0 spiro atoms. The molecule has 7 heteroatoms. The maximum atomic E-state index is 12.7. The van der Waals surface area contributed by atoms with E-state index in [-0.39, 0.29) is 12.5 Å². The Balaban J connectivity index is 1.93. The number of methoxy groups -OCH3 is 1. The number of likely N-dealkylation sites (tertiary alicyclic amines) is 1. The van der Waals surface area contributed by atoms with Gasteiger partial charge in [-0.3, -0.25) is 9.69 Å². The van der Waals surface area contributed by atoms with E-state index in [1.54, 1.807) is 6.92 Å². The fourth-order valence-corrected chi connectivity index (χ4v) is 2.80. The van der Waals surface area contributed by atoms with E-state index in [0.717, 1.165) is 12.0 Å². The molecule has 2 amide bonds. The molecule has 0 N–H and O–H groups in total. The maximum Gasteiger partial charge on any atom is 0.410 e. The lowest BCUT2D eigenvalue weighted by Crippen LogP contribution is -2.51. The van der Waals surface area contributed by atoms with Crippen LogP contribution in [0.25, 0.3) is 0 Å². The smallest absolute Gasteiger partial charge is 0.410 e. The average Bonchev–Trinajstić information content (AvgIpc) is 3.14. The van der Waals surface area contributed by atoms with E-state index >= 15 is 0 Å². The van der Waals surface area contributed by atoms with Gasteiger partial charge in [0.25, 0.3) is 0 Å². The summed E-state index contributed by atoms with van der Waals surface area (Å²) in [6.45, 7) is 2.24. The Morgan fingerprint density at radius 1 is 1.28 bits per heavy atom. The van der Waals surface area contributed by atoms with Gasteiger partial charge in [0.1, 0.15) is 18.7 Å². The van der Waals surface area contributed by atoms with Gasteiger partial charge >= 0.3 is 12.1 Å². The van der Waals surface area contributed by atoms with Crippen molar-refractivity contribution in [2.45, 2.75) is 38.5 Å². The number of hydrogen-bond acceptors (Lipinski definition) is 5. The molecule has 136 valence electrons. The van der Waals surface area contributed by atoms with Gasteiger partial charge in [0.15, 0.2) is 0 Å². The highest BCUT2D eigenvalue weighted by Gasteiger charge is 2.38. The number of esters is 1. The summed E-state index contributed by atoms with van der Waals surface area (Å²) in [4.78, 5) is 39.4. The fraction of sp³-hybridized carbons (Fsp3) is 0.500. The number of rotatable bonds is 5. The summed E-state index contributed by atoms with van der Waals surface area (Å²) in [7, 11) is 2.82. The zero-order valence-corrected chi connectivity index (χ0v) is 14.8. The third kappa shape index (κ3) is 4.49. The molecule has 25 heavy (non-hydrogen) atoms. The molecule has 0 aromatic heterocycles. The molecule has 1 aliphatic heterocycles. The van der Waals surface area contributed by atoms with Crippen molar-refractivity contribution in [2.75, 3.05) is 20.7 Å². The summed E-state index contributed by atoms with van der Waals surface area (Å²) >= 11 is 0. The van der Waals surface area contributed by atoms with Crippen molar-refractivity contribution in [3.8, 4) is 0 Å². The molecule has 0 radical (unpaired) electrons. The van der Waals surface area contributed by atoms with Crippen molar-refractivity contribution in [3.05, 3.63) is 35.9 Å². The molecule has 0 saturated carbocycles. The summed E-state index contributed by atoms with van der Waals surface area (Å²) in [5.41, 5.74) is 0.869. The summed E-state index contributed by atoms with van der Waals surface area (Å²) < 4.78 is 10.00. The molecule has 2 atom stereocenters. The number of hydrogen-bond donors (Lipinski definition) is 0. The van der Waals surface area contributed by atoms with E-state index < -0.39 is 24.1 Å². The third-order valence-electron chi connectivity index (χ3n) is 4.44. The molecule has 1 fully saturated rings. The highest BCUT2D eigenvalue weighted by atomic mass is 16.6. The van der Waals surface area contributed by atoms with Gasteiger partial charge in [-0.25, -0.2) is 9.59 Å². The lowest BCUT2D eigenvalue weighted by molar-refractivity contribution is -0.152. The molecule has 7 nitrogen and oxygen atoms in total. The molecule has 1 aromatic carbocycles. The van der Waals surface area contributed by atoms with Crippen LogP contribution >= 0.6 is 0 Å². The Labute approximate surface area is 147 Å². The average molecular weight is 348 g/mol. The number of benzene rings is 1. The monoisotopic (exact) mass is 348 g/mol. The molecule has 0 unspecified atom stereocenters. The van der Waals surface area contributed by atoms with Crippen LogP contribution in [-0.2, 0) is 25.7 Å². The Bertz CT molecular complexity index is 619. The first-order valence-corrected chi connectivity index (χ1v) is 8.27. The standard InChI is InChI=1S/C18H24N2O5/c1-13(16(21)20-11-7-10-15(20)17(22)24-3)19(2)18(23)25-12-14-8-5-4-6-9-14/h4-6,8-9,13,15H,7,10-12H2,1-3H3/t13-,15-/m0/s1. The van der Waals surface area contributed by atoms with Crippen molar-refractivity contribution >= 4 is 18.0 Å². The molecular formula is C18H24N2O5. The number of nitrogens with zero attached hydrogens (tertiary/aromatic N) is 2. The SMILES string of the molecule is COC(=O)[C@@H]1CCCN1C(=O)[C@H](C)N(C)C(=O)OCc1ccccc1. The van der Waals surface area contributed by atoms with Crippen LogP contribution in [-0.4, -0.2) is 60.6 Å². The highest BCUT2D eigenvalue weighted by molar-refractivity contribution is 5.89. The Kier molecular flexibility index (Phi) is 6.38. The molecular weight excluding hydrogens is 324 g/mol. The molecule has 0 bridgehead atoms. The first-order chi connectivity index (χ1) is 12.0. The van der Waals surface area contributed by atoms with Gasteiger partial charge in [0.05, 0.1) is 7.11 Å². The van der Waals surface area contributed by atoms with Crippen LogP contribution in [0, 0.1) is 0 Å². The molecule has 1 saturated heterocycles. The summed E-state index contributed by atoms with van der Waals surface area (Å²) in [6, 6.07) is 8.01. The van der Waals surface area contributed by atoms with Gasteiger partial charge in [-0.2, -0.15) is 0 Å². The predicted molar refractivity (Wildman–Crippen MR) is 90.6 cm³/mol. The minimum atomic E-state index is -0.728. The van der Waals surface area contributed by atoms with Crippen molar-refractivity contribution in [2.24, 2.45) is 0 Å². The molecule has 1 aliphatic rings. The number of amides is 2. The maximum absolute atomic E-state index is 12.7. The topological polar surface area (TPSA) is 76.2 Å². The minimum Gasteiger partial charge on any atom is -0.467 e. The number of carbonyl (C=O) groups excluding carboxylic acids is 3. The Morgan fingerprint density at radius 3 is 2.60 bits per heavy atom. The van der Waals surface area contributed by atoms with Crippen LogP contribution in [0.4, 0.5) is 4.79 Å². The van der Waals surface area contributed by atoms with E-state index in [9.17, 15) is 14.4 Å². The normalized spacial score (nSPS) is 17.7. The van der Waals surface area contributed by atoms with Gasteiger partial charge < -0.3 is 14.4 Å². The summed E-state index contributed by atoms with van der Waals surface area (Å²) in [5, 5.41) is 0. The van der Waals surface area contributed by atoms with E-state index in [4.69, 9.17) is 9.47 Å². The number of ether oxygens (including phenoxy) is 2. The first kappa shape index (κ1) is 18.8. The van der Waals surface area contributed by atoms with E-state index in [1.165, 1.54) is 24.0 Å². The van der Waals surface area contributed by atoms with E-state index in [1.807, 2.05) is 30.3 Å². The predicted octanol–water partition coefficient (Wildman–Crippen LogP) is 1.81.